The van der Waals surface area contributed by atoms with Crippen molar-refractivity contribution in [1.82, 2.24) is 9.80 Å². The van der Waals surface area contributed by atoms with Crippen LogP contribution in [0, 0.1) is 5.92 Å². The van der Waals surface area contributed by atoms with Gasteiger partial charge in [0, 0.05) is 33.7 Å². The molecule has 13 heteroatoms. The van der Waals surface area contributed by atoms with Gasteiger partial charge in [0.05, 0.1) is 0 Å². The van der Waals surface area contributed by atoms with Crippen LogP contribution in [0.5, 0.6) is 0 Å². The highest BCUT2D eigenvalue weighted by Crippen LogP contribution is 2.35. The molecule has 4 rings (SSSR count). The third-order valence-corrected chi connectivity index (χ3v) is 10.3. The van der Waals surface area contributed by atoms with E-state index in [-0.39, 0.29) is 38.2 Å². The van der Waals surface area contributed by atoms with Crippen molar-refractivity contribution in [1.29, 1.82) is 0 Å². The second-order valence-electron chi connectivity index (χ2n) is 16.9. The summed E-state index contributed by atoms with van der Waals surface area (Å²) in [5.74, 6) is -2.63. The molecule has 0 spiro atoms. The summed E-state index contributed by atoms with van der Waals surface area (Å²) in [5.41, 5.74) is 0.0571. The molecule has 1 saturated carbocycles. The Kier molecular flexibility index (Phi) is 16.1. The van der Waals surface area contributed by atoms with Gasteiger partial charge in [-0.05, 0) is 102 Å². The Morgan fingerprint density at radius 2 is 1.40 bits per heavy atom. The molecule has 0 N–H and O–H groups in total. The SMILES string of the molecule is C[C@@H](OC(=O)[C@H](CC1CC1)N(C)C(=O)[C@@H](Cc1ccc(C2CCOCC2)cc1)OC(=O)[C@H](CCC(C)(C)F)N(C)C(=O)OC(C)(C)C)C(=O)OCc1ccccc1. The third kappa shape index (κ3) is 14.7. The topological polar surface area (TPSA) is 138 Å². The summed E-state index contributed by atoms with van der Waals surface area (Å²) in [5, 5.41) is 0. The van der Waals surface area contributed by atoms with Crippen molar-refractivity contribution in [3.63, 3.8) is 0 Å². The first-order valence-electron chi connectivity index (χ1n) is 20.0. The van der Waals surface area contributed by atoms with E-state index >= 15 is 0 Å². The molecule has 2 aromatic carbocycles. The molecule has 1 aliphatic heterocycles. The quantitative estimate of drug-likeness (QED) is 0.113. The summed E-state index contributed by atoms with van der Waals surface area (Å²) in [7, 11) is 2.82. The van der Waals surface area contributed by atoms with E-state index in [1.807, 2.05) is 42.5 Å². The molecule has 0 radical (unpaired) electrons. The number of carbonyl (C=O) groups excluding carboxylic acids is 5. The number of likely N-dealkylation sites (N-methyl/N-ethyl adjacent to an activating group) is 2. The molecule has 2 amide bonds. The lowest BCUT2D eigenvalue weighted by Crippen LogP contribution is -2.52. The minimum Gasteiger partial charge on any atom is -0.458 e. The average Bonchev–Trinajstić information content (AvgIpc) is 3.99. The lowest BCUT2D eigenvalue weighted by atomic mass is 9.90. The van der Waals surface area contributed by atoms with Gasteiger partial charge in [-0.3, -0.25) is 9.69 Å². The third-order valence-electron chi connectivity index (χ3n) is 10.3. The van der Waals surface area contributed by atoms with Gasteiger partial charge in [-0.25, -0.2) is 23.6 Å². The number of esters is 3. The lowest BCUT2D eigenvalue weighted by molar-refractivity contribution is -0.174. The van der Waals surface area contributed by atoms with Crippen molar-refractivity contribution >= 4 is 29.9 Å². The first-order valence-corrected chi connectivity index (χ1v) is 20.0. The summed E-state index contributed by atoms with van der Waals surface area (Å²) in [4.78, 5) is 70.7. The van der Waals surface area contributed by atoms with E-state index in [1.165, 1.54) is 39.8 Å². The molecule has 2 aromatic rings. The Bertz CT molecular complexity index is 1650. The van der Waals surface area contributed by atoms with Gasteiger partial charge in [0.2, 0.25) is 0 Å². The van der Waals surface area contributed by atoms with E-state index in [9.17, 15) is 28.4 Å². The summed E-state index contributed by atoms with van der Waals surface area (Å²) in [6.45, 7) is 10.6. The number of ether oxygens (including phenoxy) is 5. The van der Waals surface area contributed by atoms with E-state index in [4.69, 9.17) is 23.7 Å². The maximum absolute atomic E-state index is 14.8. The smallest absolute Gasteiger partial charge is 0.410 e. The van der Waals surface area contributed by atoms with Crippen molar-refractivity contribution in [3.05, 3.63) is 71.3 Å². The van der Waals surface area contributed by atoms with Crippen LogP contribution in [-0.2, 0) is 55.9 Å². The number of benzene rings is 2. The molecule has 1 heterocycles. The zero-order chi connectivity index (χ0) is 41.9. The fraction of sp³-hybridized carbons (Fsp3) is 0.614. The van der Waals surface area contributed by atoms with Gasteiger partial charge in [0.1, 0.15) is 30.0 Å². The highest BCUT2D eigenvalue weighted by Gasteiger charge is 2.41. The molecule has 2 fully saturated rings. The van der Waals surface area contributed by atoms with Gasteiger partial charge < -0.3 is 28.6 Å². The molecule has 12 nitrogen and oxygen atoms in total. The van der Waals surface area contributed by atoms with Crippen molar-refractivity contribution in [3.8, 4) is 0 Å². The Morgan fingerprint density at radius 3 is 1.98 bits per heavy atom. The molecule has 0 unspecified atom stereocenters. The molecule has 0 aromatic heterocycles. The summed E-state index contributed by atoms with van der Waals surface area (Å²) in [6, 6.07) is 14.5. The maximum atomic E-state index is 14.8. The second kappa shape index (κ2) is 20.3. The lowest BCUT2D eigenvalue weighted by Gasteiger charge is -2.33. The van der Waals surface area contributed by atoms with Crippen LogP contribution in [-0.4, -0.2) is 103 Å². The number of hydrogen-bond acceptors (Lipinski definition) is 10. The minimum absolute atomic E-state index is 0.00148. The molecule has 57 heavy (non-hydrogen) atoms. The van der Waals surface area contributed by atoms with Gasteiger partial charge >= 0.3 is 24.0 Å². The zero-order valence-electron chi connectivity index (χ0n) is 34.8. The fourth-order valence-corrected chi connectivity index (χ4v) is 6.59. The van der Waals surface area contributed by atoms with Gasteiger partial charge in [0.25, 0.3) is 5.91 Å². The standard InChI is InChI=1S/C44H61FN2O10/c1-29(39(49)54-28-32-12-10-9-11-13-32)55-41(51)36(26-30-14-15-30)46(7)38(48)37(27-31-16-18-33(19-17-31)34-21-24-53-25-22-34)56-40(50)35(20-23-44(5,6)45)47(8)42(52)57-43(2,3)4/h9-13,16-19,29-30,34-37H,14-15,20-28H2,1-8H3/t29-,35+,36+,37-/m1/s1. The fourth-order valence-electron chi connectivity index (χ4n) is 6.59. The number of amides is 2. The summed E-state index contributed by atoms with van der Waals surface area (Å²) < 4.78 is 42.8. The van der Waals surface area contributed by atoms with Crippen LogP contribution < -0.4 is 0 Å². The Balaban J connectivity index is 1.58. The average molecular weight is 797 g/mol. The molecular weight excluding hydrogens is 735 g/mol. The van der Waals surface area contributed by atoms with Crippen molar-refractivity contribution < 1.29 is 52.0 Å². The molecule has 1 aliphatic carbocycles. The predicted molar refractivity (Wildman–Crippen MR) is 211 cm³/mol. The van der Waals surface area contributed by atoms with Crippen LogP contribution in [0.3, 0.4) is 0 Å². The van der Waals surface area contributed by atoms with Crippen LogP contribution in [0.4, 0.5) is 9.18 Å². The van der Waals surface area contributed by atoms with Crippen molar-refractivity contribution in [2.75, 3.05) is 27.3 Å². The number of nitrogens with zero attached hydrogens (tertiary/aromatic N) is 2. The predicted octanol–water partition coefficient (Wildman–Crippen LogP) is 7.10. The number of alkyl halides is 1. The van der Waals surface area contributed by atoms with Crippen LogP contribution in [0.25, 0.3) is 0 Å². The first-order chi connectivity index (χ1) is 26.8. The summed E-state index contributed by atoms with van der Waals surface area (Å²) in [6.07, 6.45) is 0.0519. The molecule has 0 bridgehead atoms. The Hall–Kier alpha value is -4.52. The van der Waals surface area contributed by atoms with Crippen LogP contribution in [0.1, 0.15) is 109 Å². The van der Waals surface area contributed by atoms with E-state index in [0.717, 1.165) is 41.7 Å². The van der Waals surface area contributed by atoms with Crippen LogP contribution in [0.15, 0.2) is 54.6 Å². The van der Waals surface area contributed by atoms with E-state index in [1.54, 1.807) is 32.9 Å². The number of hydrogen-bond donors (Lipinski definition) is 0. The van der Waals surface area contributed by atoms with Crippen LogP contribution >= 0.6 is 0 Å². The van der Waals surface area contributed by atoms with Gasteiger partial charge in [-0.15, -0.1) is 0 Å². The maximum Gasteiger partial charge on any atom is 0.410 e. The van der Waals surface area contributed by atoms with Crippen molar-refractivity contribution in [2.24, 2.45) is 5.92 Å². The van der Waals surface area contributed by atoms with Gasteiger partial charge in [0.15, 0.2) is 12.2 Å². The molecule has 314 valence electrons. The van der Waals surface area contributed by atoms with Gasteiger partial charge in [-0.2, -0.15) is 0 Å². The van der Waals surface area contributed by atoms with Crippen molar-refractivity contribution in [2.45, 2.75) is 141 Å². The monoisotopic (exact) mass is 796 g/mol. The van der Waals surface area contributed by atoms with E-state index < -0.39 is 65.5 Å². The van der Waals surface area contributed by atoms with E-state index in [0.29, 0.717) is 24.7 Å². The largest absolute Gasteiger partial charge is 0.458 e. The Labute approximate surface area is 336 Å². The van der Waals surface area contributed by atoms with E-state index in [2.05, 4.69) is 0 Å². The highest BCUT2D eigenvalue weighted by molar-refractivity contribution is 5.90. The molecule has 2 aliphatic rings. The highest BCUT2D eigenvalue weighted by atomic mass is 19.1. The van der Waals surface area contributed by atoms with Gasteiger partial charge in [-0.1, -0.05) is 67.4 Å². The molecular formula is C44H61FN2O10. The normalized spacial score (nSPS) is 17.0. The molecule has 1 saturated heterocycles. The number of carbonyl (C=O) groups is 5. The van der Waals surface area contributed by atoms with Crippen LogP contribution in [0.2, 0.25) is 0 Å². The second-order valence-corrected chi connectivity index (χ2v) is 16.9. The zero-order valence-corrected chi connectivity index (χ0v) is 34.8. The number of rotatable bonds is 18. The Morgan fingerprint density at radius 1 is 0.789 bits per heavy atom. The summed E-state index contributed by atoms with van der Waals surface area (Å²) >= 11 is 0. The minimum atomic E-state index is -1.67. The first kappa shape index (κ1) is 45.2. The number of halogens is 1. The molecule has 4 atom stereocenters.